The second-order valence-electron chi connectivity index (χ2n) is 4.50. The van der Waals surface area contributed by atoms with Gasteiger partial charge in [-0.05, 0) is 44.7 Å². The molecule has 0 N–H and O–H groups in total. The van der Waals surface area contributed by atoms with Gasteiger partial charge >= 0.3 is 0 Å². The zero-order valence-electron chi connectivity index (χ0n) is 9.50. The van der Waals surface area contributed by atoms with Crippen LogP contribution in [0.4, 0.5) is 0 Å². The first-order valence-corrected chi connectivity index (χ1v) is 5.89. The van der Waals surface area contributed by atoms with Crippen molar-refractivity contribution in [3.63, 3.8) is 0 Å². The molecule has 1 saturated heterocycles. The topological polar surface area (TPSA) is 27.0 Å². The van der Waals surface area contributed by atoms with Crippen molar-refractivity contribution in [2.75, 3.05) is 13.1 Å². The Kier molecular flexibility index (Phi) is 4.97. The minimum atomic E-state index is 0.505. The first-order chi connectivity index (χ1) is 6.77. The SMILES string of the molecule is CCC(CC#N)N1CCCC(C)CC1. The molecule has 0 saturated carbocycles. The van der Waals surface area contributed by atoms with Crippen molar-refractivity contribution < 1.29 is 0 Å². The van der Waals surface area contributed by atoms with Crippen molar-refractivity contribution >= 4 is 0 Å². The van der Waals surface area contributed by atoms with Crippen molar-refractivity contribution in [3.8, 4) is 6.07 Å². The zero-order chi connectivity index (χ0) is 10.4. The van der Waals surface area contributed by atoms with Gasteiger partial charge in [-0.3, -0.25) is 4.90 Å². The molecule has 0 aromatic rings. The molecule has 1 aliphatic rings. The monoisotopic (exact) mass is 194 g/mol. The van der Waals surface area contributed by atoms with E-state index in [9.17, 15) is 0 Å². The normalized spacial score (nSPS) is 26.5. The molecule has 2 nitrogen and oxygen atoms in total. The van der Waals surface area contributed by atoms with E-state index in [1.54, 1.807) is 0 Å². The lowest BCUT2D eigenvalue weighted by molar-refractivity contribution is 0.198. The third kappa shape index (κ3) is 3.31. The largest absolute Gasteiger partial charge is 0.299 e. The van der Waals surface area contributed by atoms with Crippen molar-refractivity contribution in [2.45, 2.75) is 52.0 Å². The number of nitriles is 1. The fourth-order valence-corrected chi connectivity index (χ4v) is 2.29. The first kappa shape index (κ1) is 11.5. The fraction of sp³-hybridized carbons (Fsp3) is 0.917. The maximum atomic E-state index is 8.74. The standard InChI is InChI=1S/C12H22N2/c1-3-12(6-8-13)14-9-4-5-11(2)7-10-14/h11-12H,3-7,9-10H2,1-2H3. The second kappa shape index (κ2) is 6.03. The van der Waals surface area contributed by atoms with Gasteiger partial charge in [0.2, 0.25) is 0 Å². The maximum absolute atomic E-state index is 8.74. The molecule has 2 heteroatoms. The van der Waals surface area contributed by atoms with Crippen molar-refractivity contribution in [1.82, 2.24) is 4.90 Å². The van der Waals surface area contributed by atoms with Crippen LogP contribution < -0.4 is 0 Å². The second-order valence-corrected chi connectivity index (χ2v) is 4.50. The van der Waals surface area contributed by atoms with E-state index in [0.717, 1.165) is 12.3 Å². The van der Waals surface area contributed by atoms with Crippen LogP contribution >= 0.6 is 0 Å². The van der Waals surface area contributed by atoms with Gasteiger partial charge in [-0.15, -0.1) is 0 Å². The summed E-state index contributed by atoms with van der Waals surface area (Å²) in [6.45, 7) is 6.93. The average Bonchev–Trinajstić information content (AvgIpc) is 2.40. The molecule has 0 aromatic carbocycles. The van der Waals surface area contributed by atoms with Gasteiger partial charge in [-0.1, -0.05) is 13.8 Å². The van der Waals surface area contributed by atoms with E-state index < -0.39 is 0 Å². The predicted molar refractivity (Wildman–Crippen MR) is 58.9 cm³/mol. The van der Waals surface area contributed by atoms with E-state index in [0.29, 0.717) is 12.5 Å². The summed E-state index contributed by atoms with van der Waals surface area (Å²) in [4.78, 5) is 2.52. The van der Waals surface area contributed by atoms with Crippen LogP contribution in [0.3, 0.4) is 0 Å². The summed E-state index contributed by atoms with van der Waals surface area (Å²) in [5.41, 5.74) is 0. The van der Waals surface area contributed by atoms with Crippen molar-refractivity contribution in [3.05, 3.63) is 0 Å². The number of hydrogen-bond donors (Lipinski definition) is 0. The molecule has 0 bridgehead atoms. The Bertz CT molecular complexity index is 195. The van der Waals surface area contributed by atoms with Crippen LogP contribution in [0.25, 0.3) is 0 Å². The third-order valence-electron chi connectivity index (χ3n) is 3.37. The average molecular weight is 194 g/mol. The lowest BCUT2D eigenvalue weighted by Gasteiger charge is -2.27. The molecular formula is C12H22N2. The molecule has 0 aromatic heterocycles. The highest BCUT2D eigenvalue weighted by molar-refractivity contribution is 4.83. The molecule has 1 aliphatic heterocycles. The van der Waals surface area contributed by atoms with Gasteiger partial charge in [-0.25, -0.2) is 0 Å². The highest BCUT2D eigenvalue weighted by atomic mass is 15.1. The lowest BCUT2D eigenvalue weighted by atomic mass is 10.0. The van der Waals surface area contributed by atoms with Crippen molar-refractivity contribution in [1.29, 1.82) is 5.26 Å². The number of likely N-dealkylation sites (tertiary alicyclic amines) is 1. The minimum Gasteiger partial charge on any atom is -0.299 e. The van der Waals surface area contributed by atoms with E-state index in [1.807, 2.05) is 0 Å². The highest BCUT2D eigenvalue weighted by Crippen LogP contribution is 2.20. The molecule has 80 valence electrons. The van der Waals surface area contributed by atoms with Gasteiger partial charge in [0.05, 0.1) is 12.5 Å². The van der Waals surface area contributed by atoms with E-state index in [1.165, 1.54) is 32.4 Å². The van der Waals surface area contributed by atoms with Gasteiger partial charge in [0.25, 0.3) is 0 Å². The molecule has 1 heterocycles. The molecule has 0 radical (unpaired) electrons. The third-order valence-corrected chi connectivity index (χ3v) is 3.37. The van der Waals surface area contributed by atoms with E-state index in [-0.39, 0.29) is 0 Å². The Hall–Kier alpha value is -0.550. The van der Waals surface area contributed by atoms with Gasteiger partial charge in [0, 0.05) is 6.04 Å². The molecule has 14 heavy (non-hydrogen) atoms. The van der Waals surface area contributed by atoms with E-state index >= 15 is 0 Å². The lowest BCUT2D eigenvalue weighted by Crippen LogP contribution is -2.35. The van der Waals surface area contributed by atoms with Gasteiger partial charge in [0.15, 0.2) is 0 Å². The number of rotatable bonds is 3. The summed E-state index contributed by atoms with van der Waals surface area (Å²) in [6.07, 6.45) is 5.79. The summed E-state index contributed by atoms with van der Waals surface area (Å²) >= 11 is 0. The van der Waals surface area contributed by atoms with Crippen LogP contribution in [0.15, 0.2) is 0 Å². The Labute approximate surface area is 87.9 Å². The summed E-state index contributed by atoms with van der Waals surface area (Å²) in [7, 11) is 0. The summed E-state index contributed by atoms with van der Waals surface area (Å²) < 4.78 is 0. The summed E-state index contributed by atoms with van der Waals surface area (Å²) in [6, 6.07) is 2.81. The van der Waals surface area contributed by atoms with Crippen molar-refractivity contribution in [2.24, 2.45) is 5.92 Å². The van der Waals surface area contributed by atoms with Gasteiger partial charge in [0.1, 0.15) is 0 Å². The van der Waals surface area contributed by atoms with Crippen LogP contribution in [0.2, 0.25) is 0 Å². The van der Waals surface area contributed by atoms with Crippen LogP contribution in [0, 0.1) is 17.2 Å². The Morgan fingerprint density at radius 3 is 2.86 bits per heavy atom. The van der Waals surface area contributed by atoms with Crippen LogP contribution in [-0.2, 0) is 0 Å². The van der Waals surface area contributed by atoms with Crippen LogP contribution in [0.5, 0.6) is 0 Å². The van der Waals surface area contributed by atoms with Crippen LogP contribution in [-0.4, -0.2) is 24.0 Å². The maximum Gasteiger partial charge on any atom is 0.0638 e. The molecule has 2 unspecified atom stereocenters. The number of hydrogen-bond acceptors (Lipinski definition) is 2. The smallest absolute Gasteiger partial charge is 0.0638 e. The highest BCUT2D eigenvalue weighted by Gasteiger charge is 2.19. The molecule has 0 aliphatic carbocycles. The quantitative estimate of drug-likeness (QED) is 0.690. The Morgan fingerprint density at radius 2 is 2.21 bits per heavy atom. The summed E-state index contributed by atoms with van der Waals surface area (Å²) in [5, 5.41) is 8.74. The molecule has 0 spiro atoms. The van der Waals surface area contributed by atoms with Crippen LogP contribution in [0.1, 0.15) is 46.0 Å². The summed E-state index contributed by atoms with van der Waals surface area (Å²) in [5.74, 6) is 0.875. The molecule has 2 atom stereocenters. The van der Waals surface area contributed by atoms with Gasteiger partial charge < -0.3 is 0 Å². The fourth-order valence-electron chi connectivity index (χ4n) is 2.29. The molecule has 1 fully saturated rings. The predicted octanol–water partition coefficient (Wildman–Crippen LogP) is 2.80. The van der Waals surface area contributed by atoms with Gasteiger partial charge in [-0.2, -0.15) is 5.26 Å². The molecule has 1 rings (SSSR count). The molecule has 0 amide bonds. The zero-order valence-corrected chi connectivity index (χ0v) is 9.50. The first-order valence-electron chi connectivity index (χ1n) is 5.89. The minimum absolute atomic E-state index is 0.505. The van der Waals surface area contributed by atoms with E-state index in [4.69, 9.17) is 5.26 Å². The van der Waals surface area contributed by atoms with E-state index in [2.05, 4.69) is 24.8 Å². The Balaban J connectivity index is 2.45. The Morgan fingerprint density at radius 1 is 1.43 bits per heavy atom. The molecular weight excluding hydrogens is 172 g/mol. The number of nitrogens with zero attached hydrogens (tertiary/aromatic N) is 2.